The minimum Gasteiger partial charge on any atom is -0.444 e. The van der Waals surface area contributed by atoms with E-state index in [0.717, 1.165) is 25.6 Å². The lowest BCUT2D eigenvalue weighted by Crippen LogP contribution is -2.46. The van der Waals surface area contributed by atoms with Crippen molar-refractivity contribution in [1.29, 1.82) is 0 Å². The number of carbonyl (C=O) groups is 1. The first-order valence-corrected chi connectivity index (χ1v) is 8.34. The standard InChI is InChI=1S/C16H31N3O2/c1-5-12(18-15(20)21-16(2,3)4)10-17-13-8-9-19(11-13)14-6-7-14/h12-14,17H,5-11H2,1-4H3,(H,18,20). The highest BCUT2D eigenvalue weighted by Gasteiger charge is 2.34. The van der Waals surface area contributed by atoms with Crippen LogP contribution in [0.1, 0.15) is 53.4 Å². The number of likely N-dealkylation sites (tertiary alicyclic amines) is 1. The first-order chi connectivity index (χ1) is 9.87. The lowest BCUT2D eigenvalue weighted by atomic mass is 10.2. The molecule has 0 aromatic rings. The zero-order valence-electron chi connectivity index (χ0n) is 13.9. The minimum atomic E-state index is -0.438. The van der Waals surface area contributed by atoms with E-state index in [2.05, 4.69) is 22.5 Å². The molecule has 122 valence electrons. The fourth-order valence-electron chi connectivity index (χ4n) is 2.81. The first-order valence-electron chi connectivity index (χ1n) is 8.34. The SMILES string of the molecule is CCC(CNC1CCN(C2CC2)C1)NC(=O)OC(C)(C)C. The van der Waals surface area contributed by atoms with Crippen molar-refractivity contribution in [2.75, 3.05) is 19.6 Å². The summed E-state index contributed by atoms with van der Waals surface area (Å²) in [5, 5.41) is 6.56. The van der Waals surface area contributed by atoms with Crippen molar-refractivity contribution in [3.63, 3.8) is 0 Å². The molecule has 1 saturated heterocycles. The Kier molecular flexibility index (Phi) is 5.49. The van der Waals surface area contributed by atoms with E-state index in [9.17, 15) is 4.79 Å². The summed E-state index contributed by atoms with van der Waals surface area (Å²) in [4.78, 5) is 14.4. The Hall–Kier alpha value is -0.810. The van der Waals surface area contributed by atoms with E-state index in [1.165, 1.54) is 25.8 Å². The summed E-state index contributed by atoms with van der Waals surface area (Å²) in [5.41, 5.74) is -0.438. The Labute approximate surface area is 128 Å². The molecule has 0 aromatic heterocycles. The van der Waals surface area contributed by atoms with Crippen molar-refractivity contribution in [1.82, 2.24) is 15.5 Å². The zero-order chi connectivity index (χ0) is 15.5. The van der Waals surface area contributed by atoms with Crippen LogP contribution >= 0.6 is 0 Å². The van der Waals surface area contributed by atoms with E-state index < -0.39 is 5.60 Å². The van der Waals surface area contributed by atoms with Crippen LogP contribution in [-0.2, 0) is 4.74 Å². The maximum absolute atomic E-state index is 11.8. The van der Waals surface area contributed by atoms with Gasteiger partial charge in [-0.3, -0.25) is 4.90 Å². The van der Waals surface area contributed by atoms with Crippen LogP contribution in [0, 0.1) is 0 Å². The third-order valence-electron chi connectivity index (χ3n) is 4.15. The molecule has 2 rings (SSSR count). The van der Waals surface area contributed by atoms with Gasteiger partial charge in [-0.05, 0) is 46.5 Å². The lowest BCUT2D eigenvalue weighted by molar-refractivity contribution is 0.0502. The molecule has 1 saturated carbocycles. The van der Waals surface area contributed by atoms with Gasteiger partial charge in [-0.2, -0.15) is 0 Å². The Morgan fingerprint density at radius 2 is 2.05 bits per heavy atom. The fraction of sp³-hybridized carbons (Fsp3) is 0.938. The van der Waals surface area contributed by atoms with Crippen LogP contribution in [-0.4, -0.2) is 54.4 Å². The van der Waals surface area contributed by atoms with Crippen molar-refractivity contribution < 1.29 is 9.53 Å². The van der Waals surface area contributed by atoms with E-state index in [-0.39, 0.29) is 12.1 Å². The molecule has 5 nitrogen and oxygen atoms in total. The Balaban J connectivity index is 1.66. The molecule has 2 unspecified atom stereocenters. The van der Waals surface area contributed by atoms with Gasteiger partial charge in [0.15, 0.2) is 0 Å². The highest BCUT2D eigenvalue weighted by molar-refractivity contribution is 5.68. The molecule has 0 radical (unpaired) electrons. The smallest absolute Gasteiger partial charge is 0.407 e. The van der Waals surface area contributed by atoms with E-state index in [4.69, 9.17) is 4.74 Å². The number of hydrogen-bond acceptors (Lipinski definition) is 4. The summed E-state index contributed by atoms with van der Waals surface area (Å²) in [7, 11) is 0. The predicted octanol–water partition coefficient (Wildman–Crippen LogP) is 2.12. The van der Waals surface area contributed by atoms with Crippen LogP contribution < -0.4 is 10.6 Å². The quantitative estimate of drug-likeness (QED) is 0.788. The summed E-state index contributed by atoms with van der Waals surface area (Å²) >= 11 is 0. The number of nitrogens with one attached hydrogen (secondary N) is 2. The molecule has 21 heavy (non-hydrogen) atoms. The Bertz CT molecular complexity index is 350. The largest absolute Gasteiger partial charge is 0.444 e. The van der Waals surface area contributed by atoms with Gasteiger partial charge in [-0.25, -0.2) is 4.79 Å². The third-order valence-corrected chi connectivity index (χ3v) is 4.15. The Morgan fingerprint density at radius 1 is 1.33 bits per heavy atom. The number of ether oxygens (including phenoxy) is 1. The predicted molar refractivity (Wildman–Crippen MR) is 84.5 cm³/mol. The second-order valence-electron chi connectivity index (χ2n) is 7.37. The fourth-order valence-corrected chi connectivity index (χ4v) is 2.81. The molecule has 1 aliphatic heterocycles. The van der Waals surface area contributed by atoms with E-state index >= 15 is 0 Å². The molecule has 0 bridgehead atoms. The van der Waals surface area contributed by atoms with E-state index in [1.807, 2.05) is 20.8 Å². The highest BCUT2D eigenvalue weighted by Crippen LogP contribution is 2.29. The van der Waals surface area contributed by atoms with Gasteiger partial charge in [-0.1, -0.05) is 6.92 Å². The second-order valence-corrected chi connectivity index (χ2v) is 7.37. The molecule has 1 aliphatic carbocycles. The molecule has 0 aromatic carbocycles. The van der Waals surface area contributed by atoms with Crippen LogP contribution in [0.3, 0.4) is 0 Å². The summed E-state index contributed by atoms with van der Waals surface area (Å²) < 4.78 is 5.31. The number of rotatable bonds is 6. The third kappa shape index (κ3) is 5.83. The van der Waals surface area contributed by atoms with E-state index in [1.54, 1.807) is 0 Å². The number of hydrogen-bond donors (Lipinski definition) is 2. The number of amides is 1. The van der Waals surface area contributed by atoms with Crippen molar-refractivity contribution in [3.8, 4) is 0 Å². The lowest BCUT2D eigenvalue weighted by Gasteiger charge is -2.24. The van der Waals surface area contributed by atoms with Crippen LogP contribution in [0.4, 0.5) is 4.79 Å². The molecular formula is C16H31N3O2. The second kappa shape index (κ2) is 6.97. The van der Waals surface area contributed by atoms with E-state index in [0.29, 0.717) is 6.04 Å². The summed E-state index contributed by atoms with van der Waals surface area (Å²) in [6.45, 7) is 10.9. The number of carbonyl (C=O) groups excluding carboxylic acids is 1. The maximum atomic E-state index is 11.8. The van der Waals surface area contributed by atoms with Gasteiger partial charge in [0.05, 0.1) is 0 Å². The van der Waals surface area contributed by atoms with Gasteiger partial charge in [0, 0.05) is 37.8 Å². The van der Waals surface area contributed by atoms with Crippen LogP contribution in [0.5, 0.6) is 0 Å². The molecule has 2 N–H and O–H groups in total. The van der Waals surface area contributed by atoms with Crippen molar-refractivity contribution in [2.24, 2.45) is 0 Å². The maximum Gasteiger partial charge on any atom is 0.407 e. The molecule has 0 spiro atoms. The van der Waals surface area contributed by atoms with Gasteiger partial charge in [0.25, 0.3) is 0 Å². The van der Waals surface area contributed by atoms with Gasteiger partial charge in [0.1, 0.15) is 5.60 Å². The zero-order valence-corrected chi connectivity index (χ0v) is 13.9. The highest BCUT2D eigenvalue weighted by atomic mass is 16.6. The normalized spacial score (nSPS) is 24.9. The van der Waals surface area contributed by atoms with Crippen molar-refractivity contribution >= 4 is 6.09 Å². The monoisotopic (exact) mass is 297 g/mol. The van der Waals surface area contributed by atoms with Crippen molar-refractivity contribution in [3.05, 3.63) is 0 Å². The number of nitrogens with zero attached hydrogens (tertiary/aromatic N) is 1. The average Bonchev–Trinajstić information content (AvgIpc) is 3.12. The number of alkyl carbamates (subject to hydrolysis) is 1. The average molecular weight is 297 g/mol. The molecule has 5 heteroatoms. The molecule has 1 amide bonds. The summed E-state index contributed by atoms with van der Waals surface area (Å²) in [5.74, 6) is 0. The van der Waals surface area contributed by atoms with Crippen LogP contribution in [0.25, 0.3) is 0 Å². The molecular weight excluding hydrogens is 266 g/mol. The topological polar surface area (TPSA) is 53.6 Å². The van der Waals surface area contributed by atoms with Gasteiger partial charge >= 0.3 is 6.09 Å². The molecule has 1 heterocycles. The van der Waals surface area contributed by atoms with Crippen molar-refractivity contribution in [2.45, 2.75) is 77.1 Å². The summed E-state index contributed by atoms with van der Waals surface area (Å²) in [6, 6.07) is 1.56. The first kappa shape index (κ1) is 16.6. The van der Waals surface area contributed by atoms with Gasteiger partial charge < -0.3 is 15.4 Å². The minimum absolute atomic E-state index is 0.134. The molecule has 2 atom stereocenters. The van der Waals surface area contributed by atoms with Gasteiger partial charge in [-0.15, -0.1) is 0 Å². The van der Waals surface area contributed by atoms with Crippen LogP contribution in [0.15, 0.2) is 0 Å². The molecule has 2 aliphatic rings. The van der Waals surface area contributed by atoms with Crippen LogP contribution in [0.2, 0.25) is 0 Å². The molecule has 2 fully saturated rings. The summed E-state index contributed by atoms with van der Waals surface area (Å²) in [6.07, 6.45) is 4.57. The van der Waals surface area contributed by atoms with Gasteiger partial charge in [0.2, 0.25) is 0 Å². The Morgan fingerprint density at radius 3 is 2.62 bits per heavy atom.